The van der Waals surface area contributed by atoms with Gasteiger partial charge in [0.1, 0.15) is 17.3 Å². The van der Waals surface area contributed by atoms with E-state index in [9.17, 15) is 4.79 Å². The third-order valence-electron chi connectivity index (χ3n) is 2.55. The maximum absolute atomic E-state index is 12.0. The minimum atomic E-state index is -0.351. The van der Waals surface area contributed by atoms with Crippen molar-refractivity contribution >= 4 is 23.3 Å². The van der Waals surface area contributed by atoms with Crippen LogP contribution in [0.5, 0.6) is 0 Å². The highest BCUT2D eigenvalue weighted by Crippen LogP contribution is 2.15. The lowest BCUT2D eigenvalue weighted by Gasteiger charge is -2.12. The number of aromatic nitrogens is 1. The van der Waals surface area contributed by atoms with Crippen LogP contribution in [-0.2, 0) is 6.42 Å². The van der Waals surface area contributed by atoms with Crippen molar-refractivity contribution in [3.05, 3.63) is 47.0 Å². The van der Waals surface area contributed by atoms with Crippen LogP contribution in [0.1, 0.15) is 23.2 Å². The fourth-order valence-electron chi connectivity index (χ4n) is 1.69. The van der Waals surface area contributed by atoms with Gasteiger partial charge in [-0.2, -0.15) is 0 Å². The number of anilines is 1. The minimum absolute atomic E-state index is 0.0991. The minimum Gasteiger partial charge on any atom is -0.469 e. The van der Waals surface area contributed by atoms with Crippen molar-refractivity contribution in [2.45, 2.75) is 19.4 Å². The van der Waals surface area contributed by atoms with Crippen LogP contribution in [0.2, 0.25) is 5.02 Å². The predicted octanol–water partition coefficient (Wildman–Crippen LogP) is 2.27. The summed E-state index contributed by atoms with van der Waals surface area (Å²) in [7, 11) is 0. The lowest BCUT2D eigenvalue weighted by atomic mass is 10.2. The van der Waals surface area contributed by atoms with Gasteiger partial charge in [0.15, 0.2) is 0 Å². The summed E-state index contributed by atoms with van der Waals surface area (Å²) in [6.07, 6.45) is 2.19. The molecule has 1 atom stereocenters. The maximum Gasteiger partial charge on any atom is 0.271 e. The molecule has 0 aromatic carbocycles. The summed E-state index contributed by atoms with van der Waals surface area (Å²) in [6.45, 7) is 1.88. The molecule has 0 aliphatic heterocycles. The number of carbonyl (C=O) groups is 1. The van der Waals surface area contributed by atoms with E-state index in [0.29, 0.717) is 6.42 Å². The highest BCUT2D eigenvalue weighted by Gasteiger charge is 2.15. The highest BCUT2D eigenvalue weighted by atomic mass is 35.5. The summed E-state index contributed by atoms with van der Waals surface area (Å²) in [5.41, 5.74) is 5.67. The summed E-state index contributed by atoms with van der Waals surface area (Å²) in [6, 6.07) is 6.66. The Morgan fingerprint density at radius 3 is 3.00 bits per heavy atom. The van der Waals surface area contributed by atoms with Crippen LogP contribution >= 0.6 is 11.6 Å². The molecule has 0 saturated carbocycles. The Kier molecular flexibility index (Phi) is 4.06. The zero-order chi connectivity index (χ0) is 13.8. The van der Waals surface area contributed by atoms with Gasteiger partial charge < -0.3 is 15.5 Å². The highest BCUT2D eigenvalue weighted by molar-refractivity contribution is 6.33. The Morgan fingerprint density at radius 1 is 1.53 bits per heavy atom. The maximum atomic E-state index is 12.0. The van der Waals surface area contributed by atoms with Crippen molar-refractivity contribution in [2.24, 2.45) is 0 Å². The van der Waals surface area contributed by atoms with Crippen LogP contribution in [-0.4, -0.2) is 16.9 Å². The van der Waals surface area contributed by atoms with Gasteiger partial charge in [-0.15, -0.1) is 0 Å². The molecule has 0 aliphatic carbocycles. The number of nitrogens with one attached hydrogen (secondary N) is 1. The van der Waals surface area contributed by atoms with Gasteiger partial charge in [0.25, 0.3) is 5.91 Å². The SMILES string of the molecule is CC(Cc1ccco1)NC(=O)c1nc(N)ccc1Cl. The van der Waals surface area contributed by atoms with Crippen molar-refractivity contribution in [3.8, 4) is 0 Å². The number of halogens is 1. The van der Waals surface area contributed by atoms with Crippen LogP contribution in [0.15, 0.2) is 34.9 Å². The van der Waals surface area contributed by atoms with E-state index in [1.54, 1.807) is 24.5 Å². The average Bonchev–Trinajstić information content (AvgIpc) is 2.84. The monoisotopic (exact) mass is 279 g/mol. The average molecular weight is 280 g/mol. The smallest absolute Gasteiger partial charge is 0.271 e. The zero-order valence-corrected chi connectivity index (χ0v) is 11.1. The normalized spacial score (nSPS) is 12.1. The molecule has 6 heteroatoms. The Labute approximate surface area is 115 Å². The number of furan rings is 1. The molecule has 2 rings (SSSR count). The first kappa shape index (κ1) is 13.4. The number of pyridine rings is 1. The Morgan fingerprint density at radius 2 is 2.32 bits per heavy atom. The van der Waals surface area contributed by atoms with E-state index in [4.69, 9.17) is 21.8 Å². The van der Waals surface area contributed by atoms with Gasteiger partial charge in [-0.25, -0.2) is 4.98 Å². The van der Waals surface area contributed by atoms with E-state index in [-0.39, 0.29) is 28.5 Å². The third-order valence-corrected chi connectivity index (χ3v) is 2.85. The molecular formula is C13H14ClN3O2. The largest absolute Gasteiger partial charge is 0.469 e. The molecule has 3 N–H and O–H groups in total. The number of nitrogens with two attached hydrogens (primary N) is 1. The number of carbonyl (C=O) groups excluding carboxylic acids is 1. The first-order valence-corrected chi connectivity index (χ1v) is 6.19. The molecule has 1 amide bonds. The summed E-state index contributed by atoms with van der Waals surface area (Å²) in [5, 5.41) is 3.08. The summed E-state index contributed by atoms with van der Waals surface area (Å²) in [4.78, 5) is 15.9. The van der Waals surface area contributed by atoms with Crippen LogP contribution in [0.4, 0.5) is 5.82 Å². The third kappa shape index (κ3) is 3.48. The number of hydrogen-bond donors (Lipinski definition) is 2. The van der Waals surface area contributed by atoms with Gasteiger partial charge >= 0.3 is 0 Å². The van der Waals surface area contributed by atoms with Crippen molar-refractivity contribution in [1.82, 2.24) is 10.3 Å². The van der Waals surface area contributed by atoms with E-state index >= 15 is 0 Å². The van der Waals surface area contributed by atoms with Gasteiger partial charge in [0.05, 0.1) is 11.3 Å². The first-order chi connectivity index (χ1) is 9.06. The van der Waals surface area contributed by atoms with Crippen LogP contribution in [0, 0.1) is 0 Å². The molecule has 5 nitrogen and oxygen atoms in total. The van der Waals surface area contributed by atoms with Gasteiger partial charge in [0.2, 0.25) is 0 Å². The van der Waals surface area contributed by atoms with Crippen molar-refractivity contribution in [2.75, 3.05) is 5.73 Å². The summed E-state index contributed by atoms with van der Waals surface area (Å²) >= 11 is 5.92. The Balaban J connectivity index is 2.02. The zero-order valence-electron chi connectivity index (χ0n) is 10.4. The Bertz CT molecular complexity index is 569. The Hall–Kier alpha value is -2.01. The number of hydrogen-bond acceptors (Lipinski definition) is 4. The second kappa shape index (κ2) is 5.75. The fourth-order valence-corrected chi connectivity index (χ4v) is 1.88. The molecule has 0 fully saturated rings. The van der Waals surface area contributed by atoms with E-state index in [1.807, 2.05) is 13.0 Å². The van der Waals surface area contributed by atoms with Crippen molar-refractivity contribution < 1.29 is 9.21 Å². The number of amides is 1. The quantitative estimate of drug-likeness (QED) is 0.899. The standard InChI is InChI=1S/C13H14ClN3O2/c1-8(7-9-3-2-6-19-9)16-13(18)12-10(14)4-5-11(15)17-12/h2-6,8H,7H2,1H3,(H2,15,17)(H,16,18). The fraction of sp³-hybridized carbons (Fsp3) is 0.231. The molecule has 0 radical (unpaired) electrons. The van der Waals surface area contributed by atoms with Gasteiger partial charge in [-0.3, -0.25) is 4.79 Å². The summed E-state index contributed by atoms with van der Waals surface area (Å²) in [5.74, 6) is 0.712. The molecule has 1 unspecified atom stereocenters. The number of nitrogens with zero attached hydrogens (tertiary/aromatic N) is 1. The van der Waals surface area contributed by atoms with E-state index in [0.717, 1.165) is 5.76 Å². The molecular weight excluding hydrogens is 266 g/mol. The summed E-state index contributed by atoms with van der Waals surface area (Å²) < 4.78 is 5.22. The van der Waals surface area contributed by atoms with E-state index in [2.05, 4.69) is 10.3 Å². The van der Waals surface area contributed by atoms with Crippen LogP contribution < -0.4 is 11.1 Å². The molecule has 2 aromatic rings. The predicted molar refractivity (Wildman–Crippen MR) is 73.0 cm³/mol. The number of rotatable bonds is 4. The lowest BCUT2D eigenvalue weighted by molar-refractivity contribution is 0.0934. The lowest BCUT2D eigenvalue weighted by Crippen LogP contribution is -2.34. The van der Waals surface area contributed by atoms with Gasteiger partial charge in [0, 0.05) is 12.5 Å². The molecule has 0 bridgehead atoms. The van der Waals surface area contributed by atoms with Crippen molar-refractivity contribution in [3.63, 3.8) is 0 Å². The van der Waals surface area contributed by atoms with Crippen LogP contribution in [0.25, 0.3) is 0 Å². The van der Waals surface area contributed by atoms with Crippen molar-refractivity contribution in [1.29, 1.82) is 0 Å². The molecule has 2 heterocycles. The first-order valence-electron chi connectivity index (χ1n) is 5.81. The molecule has 0 spiro atoms. The van der Waals surface area contributed by atoms with E-state index in [1.165, 1.54) is 0 Å². The second-order valence-electron chi connectivity index (χ2n) is 4.22. The number of nitrogen functional groups attached to an aromatic ring is 1. The molecule has 0 aliphatic rings. The van der Waals surface area contributed by atoms with Gasteiger partial charge in [-0.1, -0.05) is 11.6 Å². The molecule has 19 heavy (non-hydrogen) atoms. The van der Waals surface area contributed by atoms with Gasteiger partial charge in [-0.05, 0) is 31.2 Å². The molecule has 0 saturated heterocycles. The molecule has 2 aromatic heterocycles. The van der Waals surface area contributed by atoms with E-state index < -0.39 is 0 Å². The topological polar surface area (TPSA) is 81.2 Å². The molecule has 100 valence electrons. The second-order valence-corrected chi connectivity index (χ2v) is 4.63. The van der Waals surface area contributed by atoms with Crippen LogP contribution in [0.3, 0.4) is 0 Å².